The smallest absolute Gasteiger partial charge is 0.244 e. The van der Waals surface area contributed by atoms with Crippen LogP contribution >= 0.6 is 11.8 Å². The van der Waals surface area contributed by atoms with Gasteiger partial charge in [-0.25, -0.2) is 0 Å². The molecule has 3 heterocycles. The average Bonchev–Trinajstić information content (AvgIpc) is 3.36. The third kappa shape index (κ3) is 3.03. The quantitative estimate of drug-likeness (QED) is 0.626. The molecule has 3 fully saturated rings. The van der Waals surface area contributed by atoms with E-state index in [1.165, 1.54) is 0 Å². The Morgan fingerprint density at radius 3 is 2.57 bits per heavy atom. The first-order valence-corrected chi connectivity index (χ1v) is 11.4. The molecule has 7 nitrogen and oxygen atoms in total. The van der Waals surface area contributed by atoms with Gasteiger partial charge in [0.2, 0.25) is 17.7 Å². The lowest BCUT2D eigenvalue weighted by molar-refractivity contribution is -0.143. The summed E-state index contributed by atoms with van der Waals surface area (Å²) in [4.78, 5) is 41.5. The summed E-state index contributed by atoms with van der Waals surface area (Å²) < 4.78 is -0.639. The van der Waals surface area contributed by atoms with Gasteiger partial charge in [0.15, 0.2) is 0 Å². The summed E-state index contributed by atoms with van der Waals surface area (Å²) in [6, 6.07) is 7.87. The van der Waals surface area contributed by atoms with Gasteiger partial charge in [-0.2, -0.15) is 0 Å². The van der Waals surface area contributed by atoms with Crippen molar-refractivity contribution in [2.45, 2.75) is 54.8 Å². The number of fused-ring (bicyclic) bond motifs is 1. The van der Waals surface area contributed by atoms with Gasteiger partial charge in [-0.15, -0.1) is 11.8 Å². The first-order chi connectivity index (χ1) is 14.4. The van der Waals surface area contributed by atoms with Crippen LogP contribution in [0.5, 0.6) is 0 Å². The molecule has 0 radical (unpaired) electrons. The van der Waals surface area contributed by atoms with Gasteiger partial charge < -0.3 is 20.6 Å². The molecular formula is C22H29N3O4S. The first kappa shape index (κ1) is 21.2. The van der Waals surface area contributed by atoms with Crippen LogP contribution in [0.3, 0.4) is 0 Å². The summed E-state index contributed by atoms with van der Waals surface area (Å²) in [6.07, 6.45) is 1.52. The Morgan fingerprint density at radius 2 is 1.97 bits per heavy atom. The molecule has 3 amide bonds. The third-order valence-corrected chi connectivity index (χ3v) is 8.61. The van der Waals surface area contributed by atoms with E-state index < -0.39 is 28.7 Å². The lowest BCUT2D eigenvalue weighted by Crippen LogP contribution is -2.55. The standard InChI is InChI=1S/C22H29N3O4S/c1-12(2)24-20(28)18-22-10-9-15(30-22)16(19(27)23-3)17(22)21(29)25(18)14(11-26)13-7-5-4-6-8-13/h4-8,12,14-18,26H,9-11H2,1-3H3,(H,23,27)(H,24,28)/t14-,15-,16+,17+,18?,22?/m1/s1. The molecule has 2 unspecified atom stereocenters. The number of likely N-dealkylation sites (tertiary alicyclic amines) is 1. The number of thioether (sulfide) groups is 1. The number of nitrogens with zero attached hydrogens (tertiary/aromatic N) is 1. The first-order valence-electron chi connectivity index (χ1n) is 10.5. The lowest BCUT2D eigenvalue weighted by Gasteiger charge is -2.37. The van der Waals surface area contributed by atoms with Crippen molar-refractivity contribution in [2.75, 3.05) is 13.7 Å². The molecule has 1 aromatic carbocycles. The summed E-state index contributed by atoms with van der Waals surface area (Å²) in [5, 5.41) is 16.0. The van der Waals surface area contributed by atoms with E-state index in [0.29, 0.717) is 6.42 Å². The Kier molecular flexibility index (Phi) is 5.57. The number of carbonyl (C=O) groups excluding carboxylic acids is 3. The van der Waals surface area contributed by atoms with E-state index in [2.05, 4.69) is 10.6 Å². The van der Waals surface area contributed by atoms with Crippen LogP contribution in [0.4, 0.5) is 0 Å². The zero-order valence-corrected chi connectivity index (χ0v) is 18.3. The van der Waals surface area contributed by atoms with Crippen molar-refractivity contribution in [3.63, 3.8) is 0 Å². The molecule has 8 heteroatoms. The van der Waals surface area contributed by atoms with Crippen molar-refractivity contribution in [1.82, 2.24) is 15.5 Å². The number of rotatable bonds is 6. The van der Waals surface area contributed by atoms with Gasteiger partial charge in [-0.1, -0.05) is 30.3 Å². The van der Waals surface area contributed by atoms with Crippen LogP contribution in [0.2, 0.25) is 0 Å². The Balaban J connectivity index is 1.81. The molecule has 30 heavy (non-hydrogen) atoms. The third-order valence-electron chi connectivity index (χ3n) is 6.66. The molecule has 1 aromatic rings. The Labute approximate surface area is 181 Å². The zero-order valence-electron chi connectivity index (χ0n) is 17.5. The molecule has 3 saturated heterocycles. The van der Waals surface area contributed by atoms with Crippen LogP contribution < -0.4 is 10.6 Å². The zero-order chi connectivity index (χ0) is 21.6. The minimum atomic E-state index is -0.723. The summed E-state index contributed by atoms with van der Waals surface area (Å²) in [5.74, 6) is -1.55. The highest BCUT2D eigenvalue weighted by atomic mass is 32.2. The number of nitrogens with one attached hydrogen (secondary N) is 2. The predicted octanol–water partition coefficient (Wildman–Crippen LogP) is 1.08. The number of amides is 3. The van der Waals surface area contributed by atoms with Crippen LogP contribution in [-0.2, 0) is 14.4 Å². The molecular weight excluding hydrogens is 402 g/mol. The highest BCUT2D eigenvalue weighted by Crippen LogP contribution is 2.67. The van der Waals surface area contributed by atoms with Gasteiger partial charge in [0.1, 0.15) is 6.04 Å². The molecule has 0 aromatic heterocycles. The minimum Gasteiger partial charge on any atom is -0.394 e. The minimum absolute atomic E-state index is 0.0414. The molecule has 3 N–H and O–H groups in total. The molecule has 0 aliphatic carbocycles. The average molecular weight is 432 g/mol. The Bertz CT molecular complexity index is 848. The molecule has 0 saturated carbocycles. The Morgan fingerprint density at radius 1 is 1.27 bits per heavy atom. The van der Waals surface area contributed by atoms with Crippen LogP contribution in [-0.4, -0.2) is 63.5 Å². The Hall–Kier alpha value is -2.06. The maximum atomic E-state index is 13.8. The number of aliphatic hydroxyl groups excluding tert-OH is 1. The van der Waals surface area contributed by atoms with Crippen LogP contribution in [0, 0.1) is 11.8 Å². The largest absolute Gasteiger partial charge is 0.394 e. The summed E-state index contributed by atoms with van der Waals surface area (Å²) in [6.45, 7) is 3.49. The molecule has 162 valence electrons. The fraction of sp³-hybridized carbons (Fsp3) is 0.591. The van der Waals surface area contributed by atoms with Crippen molar-refractivity contribution in [3.05, 3.63) is 35.9 Å². The normalized spacial score (nSPS) is 33.0. The molecule has 6 atom stereocenters. The van der Waals surface area contributed by atoms with Crippen molar-refractivity contribution in [2.24, 2.45) is 11.8 Å². The summed E-state index contributed by atoms with van der Waals surface area (Å²) >= 11 is 1.63. The van der Waals surface area contributed by atoms with Gasteiger partial charge in [-0.05, 0) is 32.3 Å². The number of hydrogen-bond donors (Lipinski definition) is 3. The van der Waals surface area contributed by atoms with Gasteiger partial charge in [0, 0.05) is 18.3 Å². The molecule has 4 rings (SSSR count). The number of aliphatic hydroxyl groups is 1. The monoisotopic (exact) mass is 431 g/mol. The number of hydrogen-bond acceptors (Lipinski definition) is 5. The van der Waals surface area contributed by atoms with E-state index in [4.69, 9.17) is 0 Å². The fourth-order valence-electron chi connectivity index (χ4n) is 5.59. The number of carbonyl (C=O) groups is 3. The highest BCUT2D eigenvalue weighted by molar-refractivity contribution is 8.02. The second-order valence-electron chi connectivity index (χ2n) is 8.69. The van der Waals surface area contributed by atoms with E-state index in [0.717, 1.165) is 12.0 Å². The predicted molar refractivity (Wildman–Crippen MR) is 115 cm³/mol. The van der Waals surface area contributed by atoms with Crippen molar-refractivity contribution in [3.8, 4) is 0 Å². The van der Waals surface area contributed by atoms with E-state index in [-0.39, 0.29) is 35.6 Å². The molecule has 3 aliphatic heterocycles. The topological polar surface area (TPSA) is 98.7 Å². The van der Waals surface area contributed by atoms with Crippen LogP contribution in [0.15, 0.2) is 30.3 Å². The van der Waals surface area contributed by atoms with Gasteiger partial charge in [0.25, 0.3) is 0 Å². The summed E-state index contributed by atoms with van der Waals surface area (Å²) in [7, 11) is 1.59. The molecule has 3 aliphatic rings. The van der Waals surface area contributed by atoms with E-state index in [1.54, 1.807) is 23.7 Å². The SMILES string of the molecule is CNC(=O)[C@@H]1[C@H]2C(=O)N([C@H](CO)c3ccccc3)C(C(=O)NC(C)C)C23CC[C@H]1S3. The van der Waals surface area contributed by atoms with Crippen molar-refractivity contribution >= 4 is 29.5 Å². The van der Waals surface area contributed by atoms with E-state index >= 15 is 0 Å². The van der Waals surface area contributed by atoms with Crippen molar-refractivity contribution < 1.29 is 19.5 Å². The molecule has 2 bridgehead atoms. The van der Waals surface area contributed by atoms with Gasteiger partial charge in [-0.3, -0.25) is 14.4 Å². The van der Waals surface area contributed by atoms with Gasteiger partial charge >= 0.3 is 0 Å². The second kappa shape index (κ2) is 7.89. The van der Waals surface area contributed by atoms with Crippen LogP contribution in [0.25, 0.3) is 0 Å². The van der Waals surface area contributed by atoms with Crippen LogP contribution in [0.1, 0.15) is 38.3 Å². The summed E-state index contributed by atoms with van der Waals surface area (Å²) in [5.41, 5.74) is 0.781. The second-order valence-corrected chi connectivity index (χ2v) is 10.3. The number of benzene rings is 1. The molecule has 1 spiro atoms. The van der Waals surface area contributed by atoms with E-state index in [1.807, 2.05) is 44.2 Å². The maximum Gasteiger partial charge on any atom is 0.244 e. The van der Waals surface area contributed by atoms with E-state index in [9.17, 15) is 19.5 Å². The lowest BCUT2D eigenvalue weighted by atomic mass is 9.70. The van der Waals surface area contributed by atoms with Gasteiger partial charge in [0.05, 0.1) is 29.2 Å². The highest BCUT2D eigenvalue weighted by Gasteiger charge is 2.74. The fourth-order valence-corrected chi connectivity index (χ4v) is 7.79. The van der Waals surface area contributed by atoms with Crippen molar-refractivity contribution in [1.29, 1.82) is 0 Å². The maximum absolute atomic E-state index is 13.8.